The molecule has 0 unspecified atom stereocenters. The van der Waals surface area contributed by atoms with Crippen LogP contribution in [0.25, 0.3) is 0 Å². The van der Waals surface area contributed by atoms with Crippen LogP contribution in [0.15, 0.2) is 41.3 Å². The minimum atomic E-state index is -0.530. The van der Waals surface area contributed by atoms with Crippen LogP contribution in [0.3, 0.4) is 0 Å². The van der Waals surface area contributed by atoms with E-state index >= 15 is 0 Å². The van der Waals surface area contributed by atoms with Gasteiger partial charge in [0.15, 0.2) is 5.75 Å². The molecule has 27 heavy (non-hydrogen) atoms. The van der Waals surface area contributed by atoms with Crippen molar-refractivity contribution in [1.29, 1.82) is 0 Å². The average Bonchev–Trinajstić information content (AvgIpc) is 2.62. The molecule has 8 nitrogen and oxygen atoms in total. The lowest BCUT2D eigenvalue weighted by molar-refractivity contribution is -0.385. The van der Waals surface area contributed by atoms with Crippen molar-refractivity contribution in [2.75, 3.05) is 23.5 Å². The molecular formula is C18H19N3O5S. The van der Waals surface area contributed by atoms with Crippen LogP contribution in [0, 0.1) is 17.0 Å². The number of carbonyl (C=O) groups is 2. The van der Waals surface area contributed by atoms with Gasteiger partial charge in [-0.15, -0.1) is 11.8 Å². The molecule has 0 spiro atoms. The second-order valence-corrected chi connectivity index (χ2v) is 6.69. The van der Waals surface area contributed by atoms with Crippen molar-refractivity contribution in [3.8, 4) is 5.75 Å². The van der Waals surface area contributed by atoms with Gasteiger partial charge in [-0.3, -0.25) is 19.7 Å². The van der Waals surface area contributed by atoms with E-state index in [1.165, 1.54) is 37.9 Å². The molecule has 2 amide bonds. The Morgan fingerprint density at radius 3 is 2.41 bits per heavy atom. The van der Waals surface area contributed by atoms with Crippen molar-refractivity contribution in [2.24, 2.45) is 0 Å². The minimum absolute atomic E-state index is 0.0853. The Balaban J connectivity index is 1.99. The summed E-state index contributed by atoms with van der Waals surface area (Å²) < 4.78 is 5.02. The van der Waals surface area contributed by atoms with Gasteiger partial charge in [0.05, 0.1) is 17.8 Å². The number of thioether (sulfide) groups is 1. The summed E-state index contributed by atoms with van der Waals surface area (Å²) in [5.74, 6) is -0.145. The molecule has 2 rings (SSSR count). The largest absolute Gasteiger partial charge is 0.490 e. The Morgan fingerprint density at radius 1 is 1.19 bits per heavy atom. The van der Waals surface area contributed by atoms with Crippen LogP contribution in [-0.2, 0) is 9.59 Å². The molecular weight excluding hydrogens is 370 g/mol. The first-order valence-corrected chi connectivity index (χ1v) is 8.92. The summed E-state index contributed by atoms with van der Waals surface area (Å²) in [6.45, 7) is 3.11. The molecule has 0 aliphatic rings. The highest BCUT2D eigenvalue weighted by atomic mass is 32.2. The van der Waals surface area contributed by atoms with E-state index in [2.05, 4.69) is 10.6 Å². The quantitative estimate of drug-likeness (QED) is 0.425. The molecule has 0 aromatic heterocycles. The van der Waals surface area contributed by atoms with Gasteiger partial charge < -0.3 is 15.4 Å². The molecule has 0 aliphatic heterocycles. The number of ether oxygens (including phenoxy) is 1. The predicted molar refractivity (Wildman–Crippen MR) is 104 cm³/mol. The fourth-order valence-electron chi connectivity index (χ4n) is 2.29. The first-order chi connectivity index (χ1) is 12.8. The summed E-state index contributed by atoms with van der Waals surface area (Å²) in [7, 11) is 1.34. The van der Waals surface area contributed by atoms with E-state index in [1.54, 1.807) is 19.1 Å². The van der Waals surface area contributed by atoms with E-state index < -0.39 is 4.92 Å². The highest BCUT2D eigenvalue weighted by molar-refractivity contribution is 8.00. The third kappa shape index (κ3) is 5.71. The molecule has 2 aromatic carbocycles. The highest BCUT2D eigenvalue weighted by Crippen LogP contribution is 2.33. The summed E-state index contributed by atoms with van der Waals surface area (Å²) in [6.07, 6.45) is 0. The second-order valence-electron chi connectivity index (χ2n) is 5.64. The summed E-state index contributed by atoms with van der Waals surface area (Å²) >= 11 is 1.33. The van der Waals surface area contributed by atoms with Gasteiger partial charge in [-0.25, -0.2) is 0 Å². The number of carbonyl (C=O) groups excluding carboxylic acids is 2. The van der Waals surface area contributed by atoms with Gasteiger partial charge in [0.25, 0.3) is 0 Å². The monoisotopic (exact) mass is 389 g/mol. The lowest BCUT2D eigenvalue weighted by Gasteiger charge is -2.11. The SMILES string of the molecule is COc1cc(NC(=O)CSc2ccc(NC(C)=O)cc2)c(C)cc1[N+](=O)[O-]. The van der Waals surface area contributed by atoms with Crippen molar-refractivity contribution in [3.63, 3.8) is 0 Å². The van der Waals surface area contributed by atoms with E-state index in [4.69, 9.17) is 4.74 Å². The number of rotatable bonds is 7. The molecule has 0 fully saturated rings. The molecule has 2 N–H and O–H groups in total. The standard InChI is InChI=1S/C18H19N3O5S/c1-11-8-16(21(24)25)17(26-3)9-15(11)20-18(23)10-27-14-6-4-13(5-7-14)19-12(2)22/h4-9H,10H2,1-3H3,(H,19,22)(H,20,23). The maximum absolute atomic E-state index is 12.2. The molecule has 0 radical (unpaired) electrons. The zero-order chi connectivity index (χ0) is 20.0. The summed E-state index contributed by atoms with van der Waals surface area (Å²) in [5.41, 5.74) is 1.57. The van der Waals surface area contributed by atoms with Crippen LogP contribution in [0.2, 0.25) is 0 Å². The lowest BCUT2D eigenvalue weighted by atomic mass is 10.1. The maximum atomic E-state index is 12.2. The molecule has 0 bridgehead atoms. The molecule has 0 atom stereocenters. The fourth-order valence-corrected chi connectivity index (χ4v) is 2.99. The van der Waals surface area contributed by atoms with Crippen LogP contribution in [-0.4, -0.2) is 29.6 Å². The van der Waals surface area contributed by atoms with Crippen LogP contribution >= 0.6 is 11.8 Å². The highest BCUT2D eigenvalue weighted by Gasteiger charge is 2.18. The van der Waals surface area contributed by atoms with Crippen molar-refractivity contribution in [2.45, 2.75) is 18.7 Å². The molecule has 0 heterocycles. The topological polar surface area (TPSA) is 111 Å². The van der Waals surface area contributed by atoms with Crippen LogP contribution in [0.5, 0.6) is 5.75 Å². The Morgan fingerprint density at radius 2 is 1.85 bits per heavy atom. The van der Waals surface area contributed by atoms with Gasteiger partial charge in [-0.1, -0.05) is 0 Å². The van der Waals surface area contributed by atoms with Crippen molar-refractivity contribution < 1.29 is 19.2 Å². The Hall–Kier alpha value is -3.07. The number of nitrogens with zero attached hydrogens (tertiary/aromatic N) is 1. The van der Waals surface area contributed by atoms with E-state index in [-0.39, 0.29) is 29.0 Å². The number of hydrogen-bond acceptors (Lipinski definition) is 6. The number of anilines is 2. The number of benzene rings is 2. The third-order valence-corrected chi connectivity index (χ3v) is 4.55. The first-order valence-electron chi connectivity index (χ1n) is 7.93. The Labute approximate surface area is 160 Å². The number of nitrogens with one attached hydrogen (secondary N) is 2. The first kappa shape index (κ1) is 20.2. The van der Waals surface area contributed by atoms with Crippen molar-refractivity contribution in [3.05, 3.63) is 52.1 Å². The van der Waals surface area contributed by atoms with E-state index in [9.17, 15) is 19.7 Å². The fraction of sp³-hybridized carbons (Fsp3) is 0.222. The lowest BCUT2D eigenvalue weighted by Crippen LogP contribution is -2.15. The van der Waals surface area contributed by atoms with E-state index in [0.29, 0.717) is 16.9 Å². The second kappa shape index (κ2) is 9.04. The normalized spacial score (nSPS) is 10.2. The number of hydrogen-bond donors (Lipinski definition) is 2. The Kier molecular flexibility index (Phi) is 6.78. The van der Waals surface area contributed by atoms with Crippen LogP contribution in [0.4, 0.5) is 17.1 Å². The Bertz CT molecular complexity index is 868. The van der Waals surface area contributed by atoms with Gasteiger partial charge in [-0.05, 0) is 36.8 Å². The van der Waals surface area contributed by atoms with Gasteiger partial charge in [-0.2, -0.15) is 0 Å². The molecule has 2 aromatic rings. The average molecular weight is 389 g/mol. The van der Waals surface area contributed by atoms with Gasteiger partial charge in [0, 0.05) is 35.3 Å². The van der Waals surface area contributed by atoms with E-state index in [0.717, 1.165) is 4.90 Å². The minimum Gasteiger partial charge on any atom is -0.490 e. The van der Waals surface area contributed by atoms with E-state index in [1.807, 2.05) is 12.1 Å². The summed E-state index contributed by atoms with van der Waals surface area (Å²) in [4.78, 5) is 34.6. The van der Waals surface area contributed by atoms with Crippen molar-refractivity contribution in [1.82, 2.24) is 0 Å². The molecule has 142 valence electrons. The third-order valence-electron chi connectivity index (χ3n) is 3.54. The number of amides is 2. The molecule has 0 saturated carbocycles. The van der Waals surface area contributed by atoms with Gasteiger partial charge in [0.1, 0.15) is 0 Å². The smallest absolute Gasteiger partial charge is 0.311 e. The summed E-state index contributed by atoms with van der Waals surface area (Å²) in [5, 5.41) is 16.4. The molecule has 0 saturated heterocycles. The number of nitro groups is 1. The molecule has 0 aliphatic carbocycles. The predicted octanol–water partition coefficient (Wildman–Crippen LogP) is 3.60. The molecule has 9 heteroatoms. The zero-order valence-electron chi connectivity index (χ0n) is 15.1. The summed E-state index contributed by atoms with van der Waals surface area (Å²) in [6, 6.07) is 9.94. The number of methoxy groups -OCH3 is 1. The van der Waals surface area contributed by atoms with Gasteiger partial charge >= 0.3 is 5.69 Å². The zero-order valence-corrected chi connectivity index (χ0v) is 15.9. The van der Waals surface area contributed by atoms with Crippen molar-refractivity contribution >= 4 is 40.6 Å². The van der Waals surface area contributed by atoms with Crippen LogP contribution in [0.1, 0.15) is 12.5 Å². The van der Waals surface area contributed by atoms with Gasteiger partial charge in [0.2, 0.25) is 11.8 Å². The number of aryl methyl sites for hydroxylation is 1. The maximum Gasteiger partial charge on any atom is 0.311 e. The number of nitro benzene ring substituents is 1. The van der Waals surface area contributed by atoms with Crippen LogP contribution < -0.4 is 15.4 Å².